The number of nitro groups is 1. The van der Waals surface area contributed by atoms with Gasteiger partial charge in [0.2, 0.25) is 0 Å². The van der Waals surface area contributed by atoms with Crippen molar-refractivity contribution < 1.29 is 14.5 Å². The maximum atomic E-state index is 12.0. The maximum Gasteiger partial charge on any atom is 0.339 e. The fourth-order valence-corrected chi connectivity index (χ4v) is 2.74. The molecule has 0 bridgehead atoms. The number of carbonyl (C=O) groups excluding carboxylic acids is 1. The molecule has 2 aromatic carbocycles. The Kier molecular flexibility index (Phi) is 5.16. The van der Waals surface area contributed by atoms with E-state index in [-0.39, 0.29) is 17.9 Å². The molecule has 0 radical (unpaired) electrons. The van der Waals surface area contributed by atoms with Crippen molar-refractivity contribution in [2.75, 3.05) is 6.61 Å². The zero-order valence-corrected chi connectivity index (χ0v) is 13.1. The Labute approximate surface area is 132 Å². The van der Waals surface area contributed by atoms with Gasteiger partial charge in [0, 0.05) is 21.9 Å². The summed E-state index contributed by atoms with van der Waals surface area (Å²) in [5, 5.41) is 10.9. The monoisotopic (exact) mass is 317 g/mol. The number of nitro benzene ring substituents is 1. The second kappa shape index (κ2) is 7.09. The van der Waals surface area contributed by atoms with Gasteiger partial charge in [-0.15, -0.1) is 0 Å². The Hall–Kier alpha value is -2.34. The summed E-state index contributed by atoms with van der Waals surface area (Å²) in [5.74, 6) is -0.555. The molecular formula is C16H15NO4S. The van der Waals surface area contributed by atoms with Gasteiger partial charge in [0.05, 0.1) is 17.1 Å². The van der Waals surface area contributed by atoms with Crippen molar-refractivity contribution in [3.05, 3.63) is 63.7 Å². The average Bonchev–Trinajstić information content (AvgIpc) is 2.50. The van der Waals surface area contributed by atoms with E-state index in [1.54, 1.807) is 13.0 Å². The highest BCUT2D eigenvalue weighted by Gasteiger charge is 2.18. The van der Waals surface area contributed by atoms with Crippen molar-refractivity contribution >= 4 is 23.4 Å². The Bertz CT molecular complexity index is 698. The first kappa shape index (κ1) is 16.0. The number of esters is 1. The molecule has 0 fully saturated rings. The molecule has 0 aromatic heterocycles. The first-order valence-corrected chi connectivity index (χ1v) is 7.53. The van der Waals surface area contributed by atoms with Crippen molar-refractivity contribution in [1.29, 1.82) is 0 Å². The van der Waals surface area contributed by atoms with Gasteiger partial charge in [0.1, 0.15) is 0 Å². The predicted octanol–water partition coefficient (Wildman–Crippen LogP) is 4.23. The first-order valence-electron chi connectivity index (χ1n) is 6.71. The number of benzene rings is 2. The van der Waals surface area contributed by atoms with Crippen LogP contribution >= 0.6 is 11.8 Å². The number of rotatable bonds is 5. The average molecular weight is 317 g/mol. The quantitative estimate of drug-likeness (QED) is 0.469. The Morgan fingerprint density at radius 2 is 1.91 bits per heavy atom. The highest BCUT2D eigenvalue weighted by atomic mass is 32.2. The van der Waals surface area contributed by atoms with Crippen molar-refractivity contribution in [1.82, 2.24) is 0 Å². The van der Waals surface area contributed by atoms with Gasteiger partial charge in [-0.2, -0.15) is 0 Å². The van der Waals surface area contributed by atoms with E-state index in [9.17, 15) is 14.9 Å². The molecule has 6 heteroatoms. The minimum Gasteiger partial charge on any atom is -0.462 e. The van der Waals surface area contributed by atoms with Crippen molar-refractivity contribution in [2.45, 2.75) is 23.6 Å². The van der Waals surface area contributed by atoms with Crippen LogP contribution in [0.15, 0.2) is 52.3 Å². The Balaban J connectivity index is 2.38. The van der Waals surface area contributed by atoms with Crippen LogP contribution in [0.2, 0.25) is 0 Å². The summed E-state index contributed by atoms with van der Waals surface area (Å²) in [4.78, 5) is 24.0. The zero-order valence-electron chi connectivity index (χ0n) is 12.2. The van der Waals surface area contributed by atoms with E-state index in [0.717, 1.165) is 10.5 Å². The van der Waals surface area contributed by atoms with Crippen LogP contribution < -0.4 is 0 Å². The lowest BCUT2D eigenvalue weighted by atomic mass is 10.2. The highest BCUT2D eigenvalue weighted by molar-refractivity contribution is 7.99. The smallest absolute Gasteiger partial charge is 0.339 e. The molecule has 114 valence electrons. The van der Waals surface area contributed by atoms with Crippen molar-refractivity contribution in [3.8, 4) is 0 Å². The highest BCUT2D eigenvalue weighted by Crippen LogP contribution is 2.33. The molecule has 0 unspecified atom stereocenters. The zero-order chi connectivity index (χ0) is 16.1. The van der Waals surface area contributed by atoms with Crippen LogP contribution in [-0.4, -0.2) is 17.5 Å². The molecule has 0 saturated carbocycles. The van der Waals surface area contributed by atoms with Gasteiger partial charge < -0.3 is 4.74 Å². The molecule has 5 nitrogen and oxygen atoms in total. The summed E-state index contributed by atoms with van der Waals surface area (Å²) in [7, 11) is 0. The second-order valence-corrected chi connectivity index (χ2v) is 5.69. The molecule has 2 aromatic rings. The summed E-state index contributed by atoms with van der Waals surface area (Å²) in [6.07, 6.45) is 0. The SMILES string of the molecule is CCOC(=O)c1cc([N+](=O)[O-])ccc1Sc1ccc(C)cc1. The minimum absolute atomic E-state index is 0.128. The Morgan fingerprint density at radius 1 is 1.23 bits per heavy atom. The minimum atomic E-state index is -0.555. The standard InChI is InChI=1S/C16H15NO4S/c1-3-21-16(18)14-10-12(17(19)20)6-9-15(14)22-13-7-4-11(2)5-8-13/h4-10H,3H2,1-2H3. The largest absolute Gasteiger partial charge is 0.462 e. The molecule has 0 aliphatic heterocycles. The summed E-state index contributed by atoms with van der Waals surface area (Å²) in [5.41, 5.74) is 1.22. The molecule has 0 aliphatic rings. The lowest BCUT2D eigenvalue weighted by Crippen LogP contribution is -2.07. The summed E-state index contributed by atoms with van der Waals surface area (Å²) >= 11 is 1.37. The fraction of sp³-hybridized carbons (Fsp3) is 0.188. The third kappa shape index (κ3) is 3.85. The maximum absolute atomic E-state index is 12.0. The summed E-state index contributed by atoms with van der Waals surface area (Å²) in [6.45, 7) is 3.91. The summed E-state index contributed by atoms with van der Waals surface area (Å²) in [6, 6.07) is 12.0. The predicted molar refractivity (Wildman–Crippen MR) is 84.4 cm³/mol. The van der Waals surface area contributed by atoms with Gasteiger partial charge in [0.15, 0.2) is 0 Å². The number of hydrogen-bond acceptors (Lipinski definition) is 5. The molecule has 0 saturated heterocycles. The molecule has 2 rings (SSSR count). The number of nitrogens with zero attached hydrogens (tertiary/aromatic N) is 1. The third-order valence-electron chi connectivity index (χ3n) is 2.92. The van der Waals surface area contributed by atoms with Crippen LogP contribution in [-0.2, 0) is 4.74 Å². The van der Waals surface area contributed by atoms with Gasteiger partial charge in [-0.25, -0.2) is 4.79 Å². The van der Waals surface area contributed by atoms with E-state index in [1.165, 1.54) is 23.9 Å². The van der Waals surface area contributed by atoms with Gasteiger partial charge in [0.25, 0.3) is 5.69 Å². The van der Waals surface area contributed by atoms with Crippen LogP contribution in [0.25, 0.3) is 0 Å². The van der Waals surface area contributed by atoms with Crippen molar-refractivity contribution in [2.24, 2.45) is 0 Å². The van der Waals surface area contributed by atoms with E-state index in [0.29, 0.717) is 4.90 Å². The van der Waals surface area contributed by atoms with Crippen LogP contribution in [0.4, 0.5) is 5.69 Å². The van der Waals surface area contributed by atoms with Crippen molar-refractivity contribution in [3.63, 3.8) is 0 Å². The van der Waals surface area contributed by atoms with E-state index in [1.807, 2.05) is 31.2 Å². The van der Waals surface area contributed by atoms with Crippen LogP contribution in [0.5, 0.6) is 0 Å². The lowest BCUT2D eigenvalue weighted by molar-refractivity contribution is -0.384. The number of carbonyl (C=O) groups is 1. The van der Waals surface area contributed by atoms with Gasteiger partial charge >= 0.3 is 5.97 Å². The number of non-ortho nitro benzene ring substituents is 1. The molecular weight excluding hydrogens is 302 g/mol. The molecule has 0 N–H and O–H groups in total. The third-order valence-corrected chi connectivity index (χ3v) is 4.00. The lowest BCUT2D eigenvalue weighted by Gasteiger charge is -2.08. The topological polar surface area (TPSA) is 69.4 Å². The van der Waals surface area contributed by atoms with Gasteiger partial charge in [-0.1, -0.05) is 29.5 Å². The molecule has 22 heavy (non-hydrogen) atoms. The number of hydrogen-bond donors (Lipinski definition) is 0. The van der Waals surface area contributed by atoms with Crippen LogP contribution in [0.3, 0.4) is 0 Å². The number of aryl methyl sites for hydroxylation is 1. The van der Waals surface area contributed by atoms with Crippen LogP contribution in [0, 0.1) is 17.0 Å². The van der Waals surface area contributed by atoms with E-state index < -0.39 is 10.9 Å². The van der Waals surface area contributed by atoms with Gasteiger partial charge in [-0.05, 0) is 32.0 Å². The molecule has 0 aliphatic carbocycles. The first-order chi connectivity index (χ1) is 10.5. The fourth-order valence-electron chi connectivity index (χ4n) is 1.82. The van der Waals surface area contributed by atoms with E-state index >= 15 is 0 Å². The van der Waals surface area contributed by atoms with Crippen LogP contribution in [0.1, 0.15) is 22.8 Å². The normalized spacial score (nSPS) is 10.3. The van der Waals surface area contributed by atoms with E-state index in [2.05, 4.69) is 0 Å². The molecule has 0 heterocycles. The van der Waals surface area contributed by atoms with E-state index in [4.69, 9.17) is 4.74 Å². The second-order valence-electron chi connectivity index (χ2n) is 4.57. The molecule has 0 spiro atoms. The summed E-state index contributed by atoms with van der Waals surface area (Å²) < 4.78 is 4.99. The molecule has 0 atom stereocenters. The molecule has 0 amide bonds. The van der Waals surface area contributed by atoms with Gasteiger partial charge in [-0.3, -0.25) is 10.1 Å². The Morgan fingerprint density at radius 3 is 2.50 bits per heavy atom. The number of ether oxygens (including phenoxy) is 1.